The van der Waals surface area contributed by atoms with Crippen molar-refractivity contribution in [1.29, 1.82) is 0 Å². The summed E-state index contributed by atoms with van der Waals surface area (Å²) < 4.78 is 11.1. The average Bonchev–Trinajstić information content (AvgIpc) is 3.33. The number of esters is 2. The van der Waals surface area contributed by atoms with Gasteiger partial charge in [-0.1, -0.05) is 36.8 Å². The van der Waals surface area contributed by atoms with E-state index in [1.807, 2.05) is 0 Å². The molecule has 0 spiro atoms. The summed E-state index contributed by atoms with van der Waals surface area (Å²) >= 11 is 0. The first kappa shape index (κ1) is 27.0. The Morgan fingerprint density at radius 1 is 1.17 bits per heavy atom. The molecule has 1 heterocycles. The molecule has 0 radical (unpaired) electrons. The lowest BCUT2D eigenvalue weighted by molar-refractivity contribution is -0.168. The minimum atomic E-state index is -1.12. The molecule has 2 fully saturated rings. The highest BCUT2D eigenvalue weighted by atomic mass is 16.6. The zero-order valence-electron chi connectivity index (χ0n) is 21.4. The molecule has 1 aliphatic heterocycles. The molecule has 192 valence electrons. The van der Waals surface area contributed by atoms with E-state index in [0.717, 1.165) is 12.8 Å². The highest BCUT2D eigenvalue weighted by molar-refractivity contribution is 6.00. The van der Waals surface area contributed by atoms with E-state index in [1.165, 1.54) is 0 Å². The second-order valence-electron chi connectivity index (χ2n) is 10.6. The molecule has 0 amide bonds. The van der Waals surface area contributed by atoms with Gasteiger partial charge in [-0.2, -0.15) is 0 Å². The van der Waals surface area contributed by atoms with Gasteiger partial charge in [-0.3, -0.25) is 24.1 Å². The van der Waals surface area contributed by atoms with Crippen molar-refractivity contribution in [1.82, 2.24) is 4.90 Å². The van der Waals surface area contributed by atoms with Crippen molar-refractivity contribution in [2.75, 3.05) is 6.61 Å². The summed E-state index contributed by atoms with van der Waals surface area (Å²) in [6.45, 7) is 8.74. The molecule has 0 aromatic heterocycles. The molecule has 1 aromatic rings. The van der Waals surface area contributed by atoms with Crippen molar-refractivity contribution in [3.8, 4) is 0 Å². The lowest BCUT2D eigenvalue weighted by Crippen LogP contribution is -2.64. The molecule has 1 saturated carbocycles. The van der Waals surface area contributed by atoms with Gasteiger partial charge in [-0.15, -0.1) is 0 Å². The van der Waals surface area contributed by atoms with Gasteiger partial charge in [0, 0.05) is 12.0 Å². The van der Waals surface area contributed by atoms with E-state index in [9.17, 15) is 19.2 Å². The SMILES string of the molecule is CCOC(=O)[C@H](CC(=O)c1ccccc1)N1[C@@H](C(=O)OC(C)(C)C)C[C@@H]2CCC[C@@]21C(=O)C(C)N. The number of hydrogen-bond donors (Lipinski definition) is 1. The predicted octanol–water partition coefficient (Wildman–Crippen LogP) is 3.06. The molecular formula is C27H38N2O6. The molecule has 35 heavy (non-hydrogen) atoms. The van der Waals surface area contributed by atoms with Crippen LogP contribution in [0, 0.1) is 5.92 Å². The Balaban J connectivity index is 2.11. The monoisotopic (exact) mass is 486 g/mol. The second kappa shape index (κ2) is 10.6. The molecule has 5 atom stereocenters. The number of nitrogens with zero attached hydrogens (tertiary/aromatic N) is 1. The van der Waals surface area contributed by atoms with Crippen LogP contribution < -0.4 is 5.73 Å². The molecule has 1 unspecified atom stereocenters. The maximum absolute atomic E-state index is 13.7. The van der Waals surface area contributed by atoms with E-state index in [4.69, 9.17) is 15.2 Å². The topological polar surface area (TPSA) is 116 Å². The van der Waals surface area contributed by atoms with Gasteiger partial charge in [0.25, 0.3) is 0 Å². The van der Waals surface area contributed by atoms with Crippen LogP contribution in [0.4, 0.5) is 0 Å². The number of rotatable bonds is 9. The summed E-state index contributed by atoms with van der Waals surface area (Å²) in [5.74, 6) is -1.79. The number of ketones is 2. The Bertz CT molecular complexity index is 954. The van der Waals surface area contributed by atoms with Crippen LogP contribution in [0.3, 0.4) is 0 Å². The van der Waals surface area contributed by atoms with E-state index in [-0.39, 0.29) is 30.5 Å². The molecule has 1 saturated heterocycles. The van der Waals surface area contributed by atoms with Crippen LogP contribution in [0.25, 0.3) is 0 Å². The molecule has 0 bridgehead atoms. The van der Waals surface area contributed by atoms with Gasteiger partial charge in [0.05, 0.1) is 18.2 Å². The lowest BCUT2D eigenvalue weighted by atomic mass is 9.80. The lowest BCUT2D eigenvalue weighted by Gasteiger charge is -2.43. The largest absolute Gasteiger partial charge is 0.465 e. The van der Waals surface area contributed by atoms with E-state index in [0.29, 0.717) is 18.4 Å². The van der Waals surface area contributed by atoms with Gasteiger partial charge in [-0.05, 0) is 59.8 Å². The third-order valence-corrected chi connectivity index (χ3v) is 6.98. The summed E-state index contributed by atoms with van der Waals surface area (Å²) in [4.78, 5) is 55.4. The summed E-state index contributed by atoms with van der Waals surface area (Å²) in [5, 5.41) is 0. The van der Waals surface area contributed by atoms with Gasteiger partial charge in [0.15, 0.2) is 11.6 Å². The van der Waals surface area contributed by atoms with Crippen LogP contribution >= 0.6 is 0 Å². The minimum Gasteiger partial charge on any atom is -0.465 e. The van der Waals surface area contributed by atoms with Crippen LogP contribution in [0.5, 0.6) is 0 Å². The number of ether oxygens (including phenoxy) is 2. The van der Waals surface area contributed by atoms with Gasteiger partial charge in [0.2, 0.25) is 0 Å². The molecule has 3 rings (SSSR count). The van der Waals surface area contributed by atoms with Crippen molar-refractivity contribution >= 4 is 23.5 Å². The number of carbonyl (C=O) groups is 4. The summed E-state index contributed by atoms with van der Waals surface area (Å²) in [7, 11) is 0. The van der Waals surface area contributed by atoms with Gasteiger partial charge >= 0.3 is 11.9 Å². The molecule has 1 aromatic carbocycles. The van der Waals surface area contributed by atoms with Crippen molar-refractivity contribution in [2.24, 2.45) is 11.7 Å². The Morgan fingerprint density at radius 2 is 1.83 bits per heavy atom. The molecule has 8 heteroatoms. The fourth-order valence-electron chi connectivity index (χ4n) is 5.75. The van der Waals surface area contributed by atoms with Gasteiger partial charge in [-0.25, -0.2) is 0 Å². The minimum absolute atomic E-state index is 0.109. The van der Waals surface area contributed by atoms with E-state index < -0.39 is 41.2 Å². The number of carbonyl (C=O) groups excluding carboxylic acids is 4. The zero-order chi connectivity index (χ0) is 26.0. The van der Waals surface area contributed by atoms with Gasteiger partial charge < -0.3 is 15.2 Å². The Kier molecular flexibility index (Phi) is 8.17. The van der Waals surface area contributed by atoms with E-state index in [2.05, 4.69) is 0 Å². The second-order valence-corrected chi connectivity index (χ2v) is 10.6. The average molecular weight is 487 g/mol. The number of likely N-dealkylation sites (tertiary alicyclic amines) is 1. The maximum Gasteiger partial charge on any atom is 0.323 e. The Hall–Kier alpha value is -2.58. The van der Waals surface area contributed by atoms with E-state index in [1.54, 1.807) is 69.9 Å². The van der Waals surface area contributed by atoms with Gasteiger partial charge in [0.1, 0.15) is 17.7 Å². The number of benzene rings is 1. The summed E-state index contributed by atoms with van der Waals surface area (Å²) in [6.07, 6.45) is 2.11. The van der Waals surface area contributed by atoms with Crippen LogP contribution in [-0.4, -0.2) is 64.3 Å². The van der Waals surface area contributed by atoms with Crippen molar-refractivity contribution in [2.45, 2.75) is 96.0 Å². The van der Waals surface area contributed by atoms with Crippen LogP contribution in [0.15, 0.2) is 30.3 Å². The van der Waals surface area contributed by atoms with Crippen LogP contribution in [0.2, 0.25) is 0 Å². The highest BCUT2D eigenvalue weighted by Crippen LogP contribution is 2.52. The first-order valence-electron chi connectivity index (χ1n) is 12.5. The highest BCUT2D eigenvalue weighted by Gasteiger charge is 2.65. The van der Waals surface area contributed by atoms with Crippen molar-refractivity contribution in [3.05, 3.63) is 35.9 Å². The maximum atomic E-state index is 13.7. The third-order valence-electron chi connectivity index (χ3n) is 6.98. The first-order chi connectivity index (χ1) is 16.4. The van der Waals surface area contributed by atoms with Crippen molar-refractivity contribution < 1.29 is 28.7 Å². The third kappa shape index (κ3) is 5.48. The van der Waals surface area contributed by atoms with Crippen LogP contribution in [-0.2, 0) is 23.9 Å². The number of fused-ring (bicyclic) bond motifs is 1. The smallest absolute Gasteiger partial charge is 0.323 e. The van der Waals surface area contributed by atoms with E-state index >= 15 is 0 Å². The van der Waals surface area contributed by atoms with Crippen LogP contribution in [0.1, 0.15) is 77.1 Å². The quantitative estimate of drug-likeness (QED) is 0.418. The fraction of sp³-hybridized carbons (Fsp3) is 0.630. The molecule has 1 aliphatic carbocycles. The predicted molar refractivity (Wildman–Crippen MR) is 131 cm³/mol. The van der Waals surface area contributed by atoms with Crippen molar-refractivity contribution in [3.63, 3.8) is 0 Å². The molecular weight excluding hydrogens is 448 g/mol. The number of nitrogens with two attached hydrogens (primary N) is 1. The molecule has 2 N–H and O–H groups in total. The molecule has 8 nitrogen and oxygen atoms in total. The fourth-order valence-corrected chi connectivity index (χ4v) is 5.75. The standard InChI is InChI=1S/C27H38N2O6/c1-6-34-24(32)21(16-22(30)18-11-8-7-9-12-18)29-20(25(33)35-26(3,4)5)15-19-13-10-14-27(19,29)23(31)17(2)28/h7-9,11-12,17,19-21H,6,10,13-16,28H2,1-5H3/t17?,19-,20+,21-,27-/m0/s1. The normalized spacial score (nSPS) is 26.0. The number of hydrogen-bond acceptors (Lipinski definition) is 8. The number of Topliss-reactive ketones (excluding diaryl/α,β-unsaturated/α-hetero) is 2. The summed E-state index contributed by atoms with van der Waals surface area (Å²) in [5.41, 5.74) is 4.68. The first-order valence-corrected chi connectivity index (χ1v) is 12.5. The molecule has 2 aliphatic rings. The zero-order valence-corrected chi connectivity index (χ0v) is 21.4. The summed E-state index contributed by atoms with van der Waals surface area (Å²) in [6, 6.07) is 5.90. The Labute approximate surface area is 207 Å². The Morgan fingerprint density at radius 3 is 2.40 bits per heavy atom.